The number of aromatic amines is 2. The predicted molar refractivity (Wildman–Crippen MR) is 100 cm³/mol. The molecule has 0 saturated carbocycles. The summed E-state index contributed by atoms with van der Waals surface area (Å²) in [5, 5.41) is 2.70. The molecule has 1 heterocycles. The SMILES string of the molecule is CC(C)N(C)c1ccc(CNC(=O)c2cc3[nH]c(=O)[nH]c3cc2F)cc1. The summed E-state index contributed by atoms with van der Waals surface area (Å²) in [7, 11) is 2.02. The minimum absolute atomic E-state index is 0.107. The Morgan fingerprint density at radius 3 is 2.38 bits per heavy atom. The Balaban J connectivity index is 1.71. The molecule has 1 aromatic heterocycles. The van der Waals surface area contributed by atoms with Gasteiger partial charge in [-0.15, -0.1) is 0 Å². The molecular weight excluding hydrogens is 335 g/mol. The maximum absolute atomic E-state index is 14.1. The van der Waals surface area contributed by atoms with Crippen molar-refractivity contribution in [2.24, 2.45) is 0 Å². The third-order valence-electron chi connectivity index (χ3n) is 4.42. The van der Waals surface area contributed by atoms with E-state index >= 15 is 0 Å². The normalized spacial score (nSPS) is 11.1. The van der Waals surface area contributed by atoms with E-state index in [0.717, 1.165) is 17.3 Å². The summed E-state index contributed by atoms with van der Waals surface area (Å²) >= 11 is 0. The van der Waals surface area contributed by atoms with Gasteiger partial charge in [0.15, 0.2) is 0 Å². The minimum atomic E-state index is -0.681. The third kappa shape index (κ3) is 3.61. The standard InChI is InChI=1S/C19H21FN4O2/c1-11(2)24(3)13-6-4-12(5-7-13)10-21-18(25)14-8-16-17(9-15(14)20)23-19(26)22-16/h4-9,11H,10H2,1-3H3,(H,21,25)(H2,22,23,26). The Bertz CT molecular complexity index is 989. The highest BCUT2D eigenvalue weighted by molar-refractivity contribution is 5.97. The van der Waals surface area contributed by atoms with Crippen LogP contribution in [0.3, 0.4) is 0 Å². The maximum atomic E-state index is 14.1. The Kier molecular flexibility index (Phi) is 4.79. The number of carbonyl (C=O) groups is 1. The maximum Gasteiger partial charge on any atom is 0.323 e. The van der Waals surface area contributed by atoms with Crippen LogP contribution in [0.5, 0.6) is 0 Å². The number of rotatable bonds is 5. The molecule has 1 amide bonds. The molecule has 2 aromatic carbocycles. The zero-order valence-corrected chi connectivity index (χ0v) is 14.9. The first-order valence-electron chi connectivity index (χ1n) is 8.36. The van der Waals surface area contributed by atoms with E-state index in [0.29, 0.717) is 17.1 Å². The minimum Gasteiger partial charge on any atom is -0.372 e. The lowest BCUT2D eigenvalue weighted by Gasteiger charge is -2.23. The number of nitrogens with zero attached hydrogens (tertiary/aromatic N) is 1. The molecule has 26 heavy (non-hydrogen) atoms. The molecule has 0 aliphatic carbocycles. The highest BCUT2D eigenvalue weighted by Gasteiger charge is 2.14. The Morgan fingerprint density at radius 1 is 1.15 bits per heavy atom. The molecule has 3 aromatic rings. The number of benzene rings is 2. The first kappa shape index (κ1) is 17.7. The van der Waals surface area contributed by atoms with Gasteiger partial charge >= 0.3 is 5.69 Å². The number of aromatic nitrogens is 2. The topological polar surface area (TPSA) is 81.0 Å². The van der Waals surface area contributed by atoms with E-state index in [4.69, 9.17) is 0 Å². The van der Waals surface area contributed by atoms with Gasteiger partial charge in [0, 0.05) is 31.4 Å². The summed E-state index contributed by atoms with van der Waals surface area (Å²) in [4.78, 5) is 30.7. The quantitative estimate of drug-likeness (QED) is 0.657. The number of imidazole rings is 1. The number of halogens is 1. The molecule has 0 spiro atoms. The fourth-order valence-electron chi connectivity index (χ4n) is 2.65. The van der Waals surface area contributed by atoms with E-state index in [9.17, 15) is 14.0 Å². The number of hydrogen-bond acceptors (Lipinski definition) is 3. The van der Waals surface area contributed by atoms with Crippen LogP contribution in [0, 0.1) is 5.82 Å². The zero-order valence-electron chi connectivity index (χ0n) is 14.9. The van der Waals surface area contributed by atoms with E-state index < -0.39 is 17.4 Å². The lowest BCUT2D eigenvalue weighted by molar-refractivity contribution is 0.0947. The number of fused-ring (bicyclic) bond motifs is 1. The molecule has 0 fully saturated rings. The van der Waals surface area contributed by atoms with Crippen molar-refractivity contribution in [1.82, 2.24) is 15.3 Å². The molecule has 136 valence electrons. The molecule has 3 N–H and O–H groups in total. The van der Waals surface area contributed by atoms with Gasteiger partial charge in [-0.2, -0.15) is 0 Å². The number of H-pyrrole nitrogens is 2. The third-order valence-corrected chi connectivity index (χ3v) is 4.42. The summed E-state index contributed by atoms with van der Waals surface area (Å²) in [6.45, 7) is 4.50. The van der Waals surface area contributed by atoms with E-state index in [-0.39, 0.29) is 12.1 Å². The first-order chi connectivity index (χ1) is 12.3. The van der Waals surface area contributed by atoms with Crippen molar-refractivity contribution in [3.8, 4) is 0 Å². The summed E-state index contributed by atoms with van der Waals surface area (Å²) < 4.78 is 14.1. The van der Waals surface area contributed by atoms with E-state index in [2.05, 4.69) is 34.0 Å². The monoisotopic (exact) mass is 356 g/mol. The molecule has 0 unspecified atom stereocenters. The van der Waals surface area contributed by atoms with Gasteiger partial charge in [0.05, 0.1) is 16.6 Å². The highest BCUT2D eigenvalue weighted by Crippen LogP contribution is 2.17. The van der Waals surface area contributed by atoms with Crippen LogP contribution in [0.2, 0.25) is 0 Å². The van der Waals surface area contributed by atoms with Crippen LogP contribution < -0.4 is 15.9 Å². The van der Waals surface area contributed by atoms with Crippen molar-refractivity contribution in [3.05, 3.63) is 63.8 Å². The van der Waals surface area contributed by atoms with E-state index in [1.165, 1.54) is 6.07 Å². The highest BCUT2D eigenvalue weighted by atomic mass is 19.1. The van der Waals surface area contributed by atoms with Crippen LogP contribution in [0.1, 0.15) is 29.8 Å². The van der Waals surface area contributed by atoms with Gasteiger partial charge < -0.3 is 20.2 Å². The van der Waals surface area contributed by atoms with Crippen molar-refractivity contribution >= 4 is 22.6 Å². The number of amides is 1. The second-order valence-electron chi connectivity index (χ2n) is 6.51. The van der Waals surface area contributed by atoms with Crippen molar-refractivity contribution < 1.29 is 9.18 Å². The largest absolute Gasteiger partial charge is 0.372 e. The van der Waals surface area contributed by atoms with Crippen LogP contribution in [0.25, 0.3) is 11.0 Å². The molecule has 7 heteroatoms. The number of hydrogen-bond donors (Lipinski definition) is 3. The van der Waals surface area contributed by atoms with Gasteiger partial charge in [-0.3, -0.25) is 4.79 Å². The lowest BCUT2D eigenvalue weighted by Crippen LogP contribution is -2.26. The second kappa shape index (κ2) is 7.03. The number of carbonyl (C=O) groups excluding carboxylic acids is 1. The van der Waals surface area contributed by atoms with Crippen molar-refractivity contribution in [2.75, 3.05) is 11.9 Å². The predicted octanol–water partition coefficient (Wildman–Crippen LogP) is 2.77. The molecule has 0 aliphatic rings. The molecule has 0 radical (unpaired) electrons. The Labute approximate surface area is 150 Å². The van der Waals surface area contributed by atoms with Crippen LogP contribution in [-0.2, 0) is 6.54 Å². The average Bonchev–Trinajstić information content (AvgIpc) is 2.97. The van der Waals surface area contributed by atoms with Crippen LogP contribution in [-0.4, -0.2) is 29.0 Å². The van der Waals surface area contributed by atoms with Gasteiger partial charge in [-0.05, 0) is 37.6 Å². The van der Waals surface area contributed by atoms with Crippen molar-refractivity contribution in [3.63, 3.8) is 0 Å². The molecule has 0 saturated heterocycles. The van der Waals surface area contributed by atoms with Crippen LogP contribution >= 0.6 is 0 Å². The molecule has 6 nitrogen and oxygen atoms in total. The molecular formula is C19H21FN4O2. The average molecular weight is 356 g/mol. The van der Waals surface area contributed by atoms with Gasteiger partial charge in [-0.25, -0.2) is 9.18 Å². The van der Waals surface area contributed by atoms with Crippen molar-refractivity contribution in [2.45, 2.75) is 26.4 Å². The molecule has 0 bridgehead atoms. The van der Waals surface area contributed by atoms with Gasteiger partial charge in [-0.1, -0.05) is 12.1 Å². The van der Waals surface area contributed by atoms with Crippen molar-refractivity contribution in [1.29, 1.82) is 0 Å². The smallest absolute Gasteiger partial charge is 0.323 e. The molecule has 0 atom stereocenters. The lowest BCUT2D eigenvalue weighted by atomic mass is 10.1. The zero-order chi connectivity index (χ0) is 18.8. The Hall–Kier alpha value is -3.09. The fourth-order valence-corrected chi connectivity index (χ4v) is 2.65. The van der Waals surface area contributed by atoms with Gasteiger partial charge in [0.2, 0.25) is 0 Å². The number of nitrogens with one attached hydrogen (secondary N) is 3. The van der Waals surface area contributed by atoms with Crippen LogP contribution in [0.15, 0.2) is 41.2 Å². The van der Waals surface area contributed by atoms with E-state index in [1.54, 1.807) is 0 Å². The van der Waals surface area contributed by atoms with Crippen LogP contribution in [0.4, 0.5) is 10.1 Å². The fraction of sp³-hybridized carbons (Fsp3) is 0.263. The summed E-state index contributed by atoms with van der Waals surface area (Å²) in [5.41, 5.74) is 2.17. The molecule has 0 aliphatic heterocycles. The summed E-state index contributed by atoms with van der Waals surface area (Å²) in [6, 6.07) is 10.7. The first-order valence-corrected chi connectivity index (χ1v) is 8.36. The second-order valence-corrected chi connectivity index (χ2v) is 6.51. The number of anilines is 1. The molecule has 3 rings (SSSR count). The van der Waals surface area contributed by atoms with E-state index in [1.807, 2.05) is 31.3 Å². The summed E-state index contributed by atoms with van der Waals surface area (Å²) in [6.07, 6.45) is 0. The van der Waals surface area contributed by atoms with Gasteiger partial charge in [0.25, 0.3) is 5.91 Å². The Morgan fingerprint density at radius 2 is 1.77 bits per heavy atom. The van der Waals surface area contributed by atoms with Gasteiger partial charge in [0.1, 0.15) is 5.82 Å². The summed E-state index contributed by atoms with van der Waals surface area (Å²) in [5.74, 6) is -1.21.